The van der Waals surface area contributed by atoms with Gasteiger partial charge in [0.1, 0.15) is 0 Å². The molecule has 0 heterocycles. The quantitative estimate of drug-likeness (QED) is 0.859. The zero-order valence-electron chi connectivity index (χ0n) is 12.5. The molecule has 2 aromatic carbocycles. The van der Waals surface area contributed by atoms with Crippen molar-refractivity contribution in [1.82, 2.24) is 0 Å². The van der Waals surface area contributed by atoms with Crippen LogP contribution in [0.1, 0.15) is 35.2 Å². The predicted molar refractivity (Wildman–Crippen MR) is 85.2 cm³/mol. The lowest BCUT2D eigenvalue weighted by molar-refractivity contribution is 0.299. The number of benzene rings is 2. The monoisotopic (exact) mass is 269 g/mol. The maximum Gasteiger partial charge on any atom is 0.0488 e. The summed E-state index contributed by atoms with van der Waals surface area (Å²) in [5.74, 6) is 0. The molecule has 2 rings (SSSR count). The fraction of sp³-hybridized carbons (Fsp3) is 0.333. The van der Waals surface area contributed by atoms with Gasteiger partial charge in [0, 0.05) is 18.3 Å². The number of aliphatic hydroxyl groups excluding tert-OH is 1. The SMILES string of the molecule is Cc1ccc(C(C)Nc2ccc(CCO)cc2)c(C)c1. The molecule has 20 heavy (non-hydrogen) atoms. The molecule has 0 spiro atoms. The van der Waals surface area contributed by atoms with Gasteiger partial charge in [-0.2, -0.15) is 0 Å². The lowest BCUT2D eigenvalue weighted by atomic mass is 10.00. The highest BCUT2D eigenvalue weighted by atomic mass is 16.2. The van der Waals surface area contributed by atoms with Crippen molar-refractivity contribution >= 4 is 5.69 Å². The van der Waals surface area contributed by atoms with Crippen LogP contribution in [0.15, 0.2) is 42.5 Å². The minimum Gasteiger partial charge on any atom is -0.396 e. The first-order chi connectivity index (χ1) is 9.60. The van der Waals surface area contributed by atoms with Crippen molar-refractivity contribution in [3.8, 4) is 0 Å². The minimum atomic E-state index is 0.200. The standard InChI is InChI=1S/C18H23NO/c1-13-4-9-18(14(2)12-13)15(3)19-17-7-5-16(6-8-17)10-11-20/h4-9,12,15,19-20H,10-11H2,1-3H3. The lowest BCUT2D eigenvalue weighted by Crippen LogP contribution is -2.08. The second kappa shape index (κ2) is 6.58. The number of aryl methyl sites for hydroxylation is 2. The van der Waals surface area contributed by atoms with Gasteiger partial charge in [-0.3, -0.25) is 0 Å². The first-order valence-electron chi connectivity index (χ1n) is 7.13. The van der Waals surface area contributed by atoms with Gasteiger partial charge < -0.3 is 10.4 Å². The minimum absolute atomic E-state index is 0.200. The van der Waals surface area contributed by atoms with E-state index in [1.807, 2.05) is 0 Å². The van der Waals surface area contributed by atoms with E-state index in [1.165, 1.54) is 16.7 Å². The summed E-state index contributed by atoms with van der Waals surface area (Å²) >= 11 is 0. The Bertz CT molecular complexity index is 560. The van der Waals surface area contributed by atoms with Gasteiger partial charge in [0.25, 0.3) is 0 Å². The van der Waals surface area contributed by atoms with E-state index in [-0.39, 0.29) is 12.6 Å². The number of hydrogen-bond donors (Lipinski definition) is 2. The first kappa shape index (κ1) is 14.6. The summed E-state index contributed by atoms with van der Waals surface area (Å²) < 4.78 is 0. The average Bonchev–Trinajstić information content (AvgIpc) is 2.41. The Morgan fingerprint density at radius 3 is 2.35 bits per heavy atom. The van der Waals surface area contributed by atoms with Gasteiger partial charge in [0.2, 0.25) is 0 Å². The van der Waals surface area contributed by atoms with E-state index in [4.69, 9.17) is 5.11 Å². The topological polar surface area (TPSA) is 32.3 Å². The molecular weight excluding hydrogens is 246 g/mol. The third-order valence-electron chi connectivity index (χ3n) is 3.63. The Balaban J connectivity index is 2.08. The molecule has 2 aromatic rings. The molecular formula is C18H23NO. The van der Waals surface area contributed by atoms with Crippen molar-refractivity contribution in [3.05, 3.63) is 64.7 Å². The average molecular weight is 269 g/mol. The van der Waals surface area contributed by atoms with Crippen LogP contribution in [0.5, 0.6) is 0 Å². The van der Waals surface area contributed by atoms with E-state index in [2.05, 4.69) is 68.6 Å². The van der Waals surface area contributed by atoms with Gasteiger partial charge in [-0.1, -0.05) is 35.9 Å². The molecule has 0 fully saturated rings. The molecule has 106 valence electrons. The van der Waals surface area contributed by atoms with E-state index >= 15 is 0 Å². The molecule has 0 aromatic heterocycles. The number of anilines is 1. The smallest absolute Gasteiger partial charge is 0.0488 e. The highest BCUT2D eigenvalue weighted by Gasteiger charge is 2.08. The summed E-state index contributed by atoms with van der Waals surface area (Å²) in [5, 5.41) is 12.4. The Labute approximate surface area is 121 Å². The lowest BCUT2D eigenvalue weighted by Gasteiger charge is -2.18. The van der Waals surface area contributed by atoms with Crippen LogP contribution in [0.25, 0.3) is 0 Å². The molecule has 2 heteroatoms. The first-order valence-corrected chi connectivity index (χ1v) is 7.13. The van der Waals surface area contributed by atoms with Crippen molar-refractivity contribution < 1.29 is 5.11 Å². The third kappa shape index (κ3) is 3.61. The van der Waals surface area contributed by atoms with Gasteiger partial charge in [0.05, 0.1) is 0 Å². The van der Waals surface area contributed by atoms with Crippen LogP contribution in [-0.4, -0.2) is 11.7 Å². The summed E-state index contributed by atoms with van der Waals surface area (Å²) in [6.07, 6.45) is 0.715. The molecule has 2 nitrogen and oxygen atoms in total. The van der Waals surface area contributed by atoms with Crippen LogP contribution in [-0.2, 0) is 6.42 Å². The van der Waals surface area contributed by atoms with Crippen LogP contribution in [0.4, 0.5) is 5.69 Å². The summed E-state index contributed by atoms with van der Waals surface area (Å²) in [6, 6.07) is 15.1. The van der Waals surface area contributed by atoms with Crippen molar-refractivity contribution in [1.29, 1.82) is 0 Å². The Hall–Kier alpha value is -1.80. The largest absolute Gasteiger partial charge is 0.396 e. The molecule has 0 saturated heterocycles. The van der Waals surface area contributed by atoms with Gasteiger partial charge in [0.15, 0.2) is 0 Å². The van der Waals surface area contributed by atoms with Gasteiger partial charge in [-0.25, -0.2) is 0 Å². The summed E-state index contributed by atoms with van der Waals surface area (Å²) in [7, 11) is 0. The van der Waals surface area contributed by atoms with Crippen molar-refractivity contribution in [2.45, 2.75) is 33.2 Å². The Morgan fingerprint density at radius 2 is 1.75 bits per heavy atom. The fourth-order valence-electron chi connectivity index (χ4n) is 2.54. The molecule has 0 aliphatic carbocycles. The van der Waals surface area contributed by atoms with E-state index in [9.17, 15) is 0 Å². The zero-order valence-corrected chi connectivity index (χ0v) is 12.5. The van der Waals surface area contributed by atoms with E-state index in [0.717, 1.165) is 11.3 Å². The van der Waals surface area contributed by atoms with Crippen molar-refractivity contribution in [3.63, 3.8) is 0 Å². The van der Waals surface area contributed by atoms with Crippen molar-refractivity contribution in [2.75, 3.05) is 11.9 Å². The van der Waals surface area contributed by atoms with Crippen LogP contribution in [0.3, 0.4) is 0 Å². The molecule has 2 N–H and O–H groups in total. The summed E-state index contributed by atoms with van der Waals surface area (Å²) in [5.41, 5.74) is 6.22. The van der Waals surface area contributed by atoms with E-state index in [1.54, 1.807) is 0 Å². The van der Waals surface area contributed by atoms with Gasteiger partial charge in [-0.05, 0) is 56.0 Å². The molecule has 0 amide bonds. The normalized spacial score (nSPS) is 12.2. The van der Waals surface area contributed by atoms with Gasteiger partial charge in [-0.15, -0.1) is 0 Å². The van der Waals surface area contributed by atoms with Crippen molar-refractivity contribution in [2.24, 2.45) is 0 Å². The van der Waals surface area contributed by atoms with Crippen LogP contribution >= 0.6 is 0 Å². The molecule has 1 unspecified atom stereocenters. The highest BCUT2D eigenvalue weighted by molar-refractivity contribution is 5.47. The Kier molecular flexibility index (Phi) is 4.80. The summed E-state index contributed by atoms with van der Waals surface area (Å²) in [4.78, 5) is 0. The fourth-order valence-corrected chi connectivity index (χ4v) is 2.54. The Morgan fingerprint density at radius 1 is 1.05 bits per heavy atom. The van der Waals surface area contributed by atoms with Crippen LogP contribution < -0.4 is 5.32 Å². The van der Waals surface area contributed by atoms with E-state index in [0.29, 0.717) is 6.42 Å². The molecule has 0 saturated carbocycles. The second-order valence-corrected chi connectivity index (χ2v) is 5.40. The maximum absolute atomic E-state index is 8.92. The molecule has 1 atom stereocenters. The predicted octanol–water partition coefficient (Wildman–Crippen LogP) is 4.01. The van der Waals surface area contributed by atoms with E-state index < -0.39 is 0 Å². The number of nitrogens with one attached hydrogen (secondary N) is 1. The number of aliphatic hydroxyl groups is 1. The second-order valence-electron chi connectivity index (χ2n) is 5.40. The maximum atomic E-state index is 8.92. The van der Waals surface area contributed by atoms with Gasteiger partial charge >= 0.3 is 0 Å². The molecule has 0 aliphatic heterocycles. The summed E-state index contributed by atoms with van der Waals surface area (Å²) in [6.45, 7) is 6.66. The molecule has 0 bridgehead atoms. The number of rotatable bonds is 5. The van der Waals surface area contributed by atoms with Crippen LogP contribution in [0, 0.1) is 13.8 Å². The molecule has 0 aliphatic rings. The molecule has 0 radical (unpaired) electrons. The number of hydrogen-bond acceptors (Lipinski definition) is 2. The zero-order chi connectivity index (χ0) is 14.5. The highest BCUT2D eigenvalue weighted by Crippen LogP contribution is 2.23. The third-order valence-corrected chi connectivity index (χ3v) is 3.63. The van der Waals surface area contributed by atoms with Crippen LogP contribution in [0.2, 0.25) is 0 Å².